The molecule has 0 unspecified atom stereocenters. The van der Waals surface area contributed by atoms with Gasteiger partial charge in [-0.05, 0) is 30.7 Å². The molecule has 1 saturated carbocycles. The van der Waals surface area contributed by atoms with E-state index in [4.69, 9.17) is 0 Å². The fourth-order valence-electron chi connectivity index (χ4n) is 3.87. The molecule has 1 aromatic heterocycles. The zero-order chi connectivity index (χ0) is 18.4. The zero-order valence-electron chi connectivity index (χ0n) is 14.3. The van der Waals surface area contributed by atoms with Crippen LogP contribution in [0.15, 0.2) is 10.9 Å². The molecule has 3 rings (SSSR count). The fraction of sp³-hybridized carbons (Fsp3) is 0.556. The minimum absolute atomic E-state index is 0.0965. The lowest BCUT2D eigenvalue weighted by atomic mass is 9.75. The summed E-state index contributed by atoms with van der Waals surface area (Å²) in [5.41, 5.74) is 0.0295. The van der Waals surface area contributed by atoms with Crippen molar-refractivity contribution in [2.45, 2.75) is 52.0 Å². The molecule has 1 fully saturated rings. The second-order valence-corrected chi connectivity index (χ2v) is 7.80. The number of hydrogen-bond acceptors (Lipinski definition) is 4. The van der Waals surface area contributed by atoms with Crippen LogP contribution in [0.3, 0.4) is 0 Å². The van der Waals surface area contributed by atoms with Crippen molar-refractivity contribution in [2.24, 2.45) is 11.3 Å². The first-order valence-electron chi connectivity index (χ1n) is 8.51. The molecule has 25 heavy (non-hydrogen) atoms. The van der Waals surface area contributed by atoms with E-state index in [0.29, 0.717) is 36.9 Å². The number of nitrogens with one attached hydrogen (secondary N) is 2. The van der Waals surface area contributed by atoms with E-state index >= 15 is 0 Å². The monoisotopic (exact) mass is 346 g/mol. The zero-order valence-corrected chi connectivity index (χ0v) is 14.3. The van der Waals surface area contributed by atoms with E-state index in [1.807, 2.05) is 13.8 Å². The van der Waals surface area contributed by atoms with Crippen LogP contribution in [-0.2, 0) is 11.2 Å². The number of aromatic amines is 1. The largest absolute Gasteiger partial charge is 0.481 e. The molecule has 0 spiro atoms. The third-order valence-electron chi connectivity index (χ3n) is 5.11. The summed E-state index contributed by atoms with van der Waals surface area (Å²) in [6, 6.07) is 0.862. The highest BCUT2D eigenvalue weighted by atomic mass is 16.4. The molecule has 3 N–H and O–H groups in total. The van der Waals surface area contributed by atoms with Gasteiger partial charge in [0, 0.05) is 23.7 Å². The Morgan fingerprint density at radius 3 is 2.64 bits per heavy atom. The number of carboxylic acid groups (broad SMARTS) is 1. The van der Waals surface area contributed by atoms with E-state index in [0.717, 1.165) is 6.42 Å². The summed E-state index contributed by atoms with van der Waals surface area (Å²) < 4.78 is 0. The summed E-state index contributed by atoms with van der Waals surface area (Å²) in [5.74, 6) is -2.30. The van der Waals surface area contributed by atoms with E-state index in [9.17, 15) is 24.3 Å². The standard InChI is InChI=1S/C18H22N2O5/c1-18(2)7-13-10(14(21)8-18)6-11(16(23)20-13)15(22)19-12-5-3-4-9(12)17(24)25/h6,9,12H,3-5,7-8H2,1-2H3,(H,19,22)(H,20,23)(H,24,25)/t9-,12+/m0/s1. The minimum atomic E-state index is -0.945. The van der Waals surface area contributed by atoms with Crippen LogP contribution in [0, 0.1) is 11.3 Å². The van der Waals surface area contributed by atoms with Gasteiger partial charge in [-0.15, -0.1) is 0 Å². The smallest absolute Gasteiger partial charge is 0.308 e. The molecule has 2 aliphatic carbocycles. The van der Waals surface area contributed by atoms with Gasteiger partial charge in [0.25, 0.3) is 11.5 Å². The summed E-state index contributed by atoms with van der Waals surface area (Å²) in [6.07, 6.45) is 2.72. The van der Waals surface area contributed by atoms with Crippen LogP contribution in [0.5, 0.6) is 0 Å². The van der Waals surface area contributed by atoms with Gasteiger partial charge in [-0.25, -0.2) is 0 Å². The first-order chi connectivity index (χ1) is 11.7. The Balaban J connectivity index is 1.87. The highest BCUT2D eigenvalue weighted by molar-refractivity contribution is 6.02. The lowest BCUT2D eigenvalue weighted by Gasteiger charge is -2.29. The number of aliphatic carboxylic acids is 1. The molecule has 1 amide bonds. The highest BCUT2D eigenvalue weighted by Gasteiger charge is 2.36. The van der Waals surface area contributed by atoms with Crippen molar-refractivity contribution in [1.29, 1.82) is 0 Å². The quantitative estimate of drug-likeness (QED) is 0.767. The van der Waals surface area contributed by atoms with E-state index < -0.39 is 29.4 Å². The van der Waals surface area contributed by atoms with Gasteiger partial charge in [-0.1, -0.05) is 20.3 Å². The number of carboxylic acids is 1. The number of carbonyl (C=O) groups excluding carboxylic acids is 2. The van der Waals surface area contributed by atoms with Gasteiger partial charge in [0.05, 0.1) is 5.92 Å². The average Bonchev–Trinajstić information content (AvgIpc) is 2.93. The van der Waals surface area contributed by atoms with Gasteiger partial charge >= 0.3 is 5.97 Å². The number of carbonyl (C=O) groups is 3. The maximum atomic E-state index is 12.5. The SMILES string of the molecule is CC1(C)CC(=O)c2cc(C(=O)N[C@@H]3CCC[C@@H]3C(=O)O)c(=O)[nH]c2C1. The molecule has 0 aliphatic heterocycles. The molecular formula is C18H22N2O5. The van der Waals surface area contributed by atoms with Crippen molar-refractivity contribution >= 4 is 17.7 Å². The van der Waals surface area contributed by atoms with Crippen molar-refractivity contribution in [2.75, 3.05) is 0 Å². The summed E-state index contributed by atoms with van der Waals surface area (Å²) >= 11 is 0. The van der Waals surface area contributed by atoms with Crippen molar-refractivity contribution in [3.05, 3.63) is 33.2 Å². The van der Waals surface area contributed by atoms with Crippen LogP contribution in [0.1, 0.15) is 65.9 Å². The molecule has 0 saturated heterocycles. The van der Waals surface area contributed by atoms with Gasteiger partial charge in [0.15, 0.2) is 5.78 Å². The second-order valence-electron chi connectivity index (χ2n) is 7.80. The number of hydrogen-bond donors (Lipinski definition) is 3. The van der Waals surface area contributed by atoms with E-state index in [-0.39, 0.29) is 16.8 Å². The molecule has 7 heteroatoms. The number of rotatable bonds is 3. The third-order valence-corrected chi connectivity index (χ3v) is 5.11. The Kier molecular flexibility index (Phi) is 4.26. The van der Waals surface area contributed by atoms with Crippen LogP contribution in [0.2, 0.25) is 0 Å². The maximum absolute atomic E-state index is 12.5. The third kappa shape index (κ3) is 3.36. The van der Waals surface area contributed by atoms with Gasteiger partial charge in [-0.3, -0.25) is 19.2 Å². The first-order valence-corrected chi connectivity index (χ1v) is 8.51. The number of Topliss-reactive ketones (excluding diaryl/α,β-unsaturated/α-hetero) is 1. The molecule has 0 radical (unpaired) electrons. The molecule has 0 bridgehead atoms. The summed E-state index contributed by atoms with van der Waals surface area (Å²) in [4.78, 5) is 51.0. The molecule has 0 aromatic carbocycles. The fourth-order valence-corrected chi connectivity index (χ4v) is 3.87. The Bertz CT molecular complexity index is 808. The van der Waals surface area contributed by atoms with Gasteiger partial charge < -0.3 is 15.4 Å². The van der Waals surface area contributed by atoms with Crippen LogP contribution >= 0.6 is 0 Å². The number of pyridine rings is 1. The Labute approximate surface area is 144 Å². The predicted octanol–water partition coefficient (Wildman–Crippen LogP) is 1.51. The molecule has 7 nitrogen and oxygen atoms in total. The normalized spacial score (nSPS) is 24.6. The molecular weight excluding hydrogens is 324 g/mol. The summed E-state index contributed by atoms with van der Waals surface area (Å²) in [7, 11) is 0. The second kappa shape index (κ2) is 6.13. The van der Waals surface area contributed by atoms with Crippen molar-refractivity contribution < 1.29 is 19.5 Å². The Hall–Kier alpha value is -2.44. The number of fused-ring (bicyclic) bond motifs is 1. The first kappa shape index (κ1) is 17.4. The molecule has 2 atom stereocenters. The minimum Gasteiger partial charge on any atom is -0.481 e. The predicted molar refractivity (Wildman–Crippen MR) is 89.7 cm³/mol. The van der Waals surface area contributed by atoms with Crippen LogP contribution in [0.4, 0.5) is 0 Å². The topological polar surface area (TPSA) is 116 Å². The van der Waals surface area contributed by atoms with Gasteiger partial charge in [0.2, 0.25) is 0 Å². The van der Waals surface area contributed by atoms with Crippen LogP contribution in [0.25, 0.3) is 0 Å². The summed E-state index contributed by atoms with van der Waals surface area (Å²) in [6.45, 7) is 3.91. The van der Waals surface area contributed by atoms with E-state index in [1.54, 1.807) is 0 Å². The van der Waals surface area contributed by atoms with E-state index in [2.05, 4.69) is 10.3 Å². The Morgan fingerprint density at radius 2 is 1.96 bits per heavy atom. The van der Waals surface area contributed by atoms with Crippen LogP contribution in [-0.4, -0.2) is 33.8 Å². The molecule has 2 aliphatic rings. The Morgan fingerprint density at radius 1 is 1.24 bits per heavy atom. The van der Waals surface area contributed by atoms with Gasteiger partial charge in [0.1, 0.15) is 5.56 Å². The highest BCUT2D eigenvalue weighted by Crippen LogP contribution is 2.33. The van der Waals surface area contributed by atoms with Crippen molar-refractivity contribution in [3.8, 4) is 0 Å². The summed E-state index contributed by atoms with van der Waals surface area (Å²) in [5, 5.41) is 11.9. The van der Waals surface area contributed by atoms with Gasteiger partial charge in [-0.2, -0.15) is 0 Å². The lowest BCUT2D eigenvalue weighted by molar-refractivity contribution is -0.142. The molecule has 134 valence electrons. The number of amides is 1. The molecule has 1 heterocycles. The number of aromatic nitrogens is 1. The number of ketones is 1. The van der Waals surface area contributed by atoms with Crippen molar-refractivity contribution in [3.63, 3.8) is 0 Å². The van der Waals surface area contributed by atoms with E-state index in [1.165, 1.54) is 6.07 Å². The average molecular weight is 346 g/mol. The number of H-pyrrole nitrogens is 1. The maximum Gasteiger partial charge on any atom is 0.308 e. The lowest BCUT2D eigenvalue weighted by Crippen LogP contribution is -2.42. The molecule has 1 aromatic rings. The van der Waals surface area contributed by atoms with Crippen molar-refractivity contribution in [1.82, 2.24) is 10.3 Å². The van der Waals surface area contributed by atoms with Crippen LogP contribution < -0.4 is 10.9 Å².